The van der Waals surface area contributed by atoms with Crippen LogP contribution in [0.2, 0.25) is 0 Å². The van der Waals surface area contributed by atoms with Crippen LogP contribution in [0.5, 0.6) is 11.5 Å². The van der Waals surface area contributed by atoms with Gasteiger partial charge >= 0.3 is 6.61 Å². The molecule has 30 heavy (non-hydrogen) atoms. The van der Waals surface area contributed by atoms with E-state index in [0.29, 0.717) is 23.8 Å². The third kappa shape index (κ3) is 7.97. The minimum absolute atomic E-state index is 0. The van der Waals surface area contributed by atoms with Crippen LogP contribution in [-0.4, -0.2) is 31.1 Å². The maximum absolute atomic E-state index is 12.6. The zero-order valence-corrected chi connectivity index (χ0v) is 18.8. The number of ether oxygens (including phenoxy) is 2. The fourth-order valence-electron chi connectivity index (χ4n) is 2.45. The Balaban J connectivity index is 0.00000450. The van der Waals surface area contributed by atoms with Gasteiger partial charge in [-0.1, -0.05) is 12.1 Å². The van der Waals surface area contributed by atoms with E-state index in [1.807, 2.05) is 6.92 Å². The SMILES string of the molecule is CCNC(=NCc1ccc([N+](=O)[O-])cc1)NCc1cc(OC)ccc1OC(F)F.I. The van der Waals surface area contributed by atoms with Crippen LogP contribution in [0.1, 0.15) is 18.1 Å². The Bertz CT molecular complexity index is 851. The van der Waals surface area contributed by atoms with Gasteiger partial charge in [-0.2, -0.15) is 8.78 Å². The van der Waals surface area contributed by atoms with E-state index in [0.717, 1.165) is 5.56 Å². The van der Waals surface area contributed by atoms with E-state index < -0.39 is 11.5 Å². The second-order valence-corrected chi connectivity index (χ2v) is 5.82. The Morgan fingerprint density at radius 3 is 2.47 bits per heavy atom. The summed E-state index contributed by atoms with van der Waals surface area (Å²) in [6.45, 7) is -0.00644. The van der Waals surface area contributed by atoms with Crippen molar-refractivity contribution in [2.75, 3.05) is 13.7 Å². The van der Waals surface area contributed by atoms with Gasteiger partial charge in [0.25, 0.3) is 5.69 Å². The van der Waals surface area contributed by atoms with Gasteiger partial charge in [0.05, 0.1) is 18.6 Å². The van der Waals surface area contributed by atoms with E-state index in [4.69, 9.17) is 4.74 Å². The molecule has 164 valence electrons. The molecule has 2 aromatic rings. The largest absolute Gasteiger partial charge is 0.497 e. The number of nitrogens with zero attached hydrogens (tertiary/aromatic N) is 2. The number of non-ortho nitro benzene ring substituents is 1. The number of benzene rings is 2. The summed E-state index contributed by atoms with van der Waals surface area (Å²) in [6.07, 6.45) is 0. The molecule has 0 spiro atoms. The molecule has 0 atom stereocenters. The number of guanidine groups is 1. The van der Waals surface area contributed by atoms with Crippen molar-refractivity contribution >= 4 is 35.6 Å². The lowest BCUT2D eigenvalue weighted by atomic mass is 10.2. The number of hydrogen-bond donors (Lipinski definition) is 2. The van der Waals surface area contributed by atoms with Gasteiger partial charge in [-0.3, -0.25) is 10.1 Å². The predicted octanol–water partition coefficient (Wildman–Crippen LogP) is 4.08. The fraction of sp³-hybridized carbons (Fsp3) is 0.316. The Morgan fingerprint density at radius 2 is 1.90 bits per heavy atom. The lowest BCUT2D eigenvalue weighted by Crippen LogP contribution is -2.36. The first-order chi connectivity index (χ1) is 13.9. The van der Waals surface area contributed by atoms with Crippen molar-refractivity contribution in [2.45, 2.75) is 26.6 Å². The number of hydrogen-bond acceptors (Lipinski definition) is 5. The fourth-order valence-corrected chi connectivity index (χ4v) is 2.45. The minimum atomic E-state index is -2.94. The van der Waals surface area contributed by atoms with Gasteiger partial charge in [0, 0.05) is 30.8 Å². The zero-order valence-electron chi connectivity index (χ0n) is 16.4. The molecular weight excluding hydrogens is 513 g/mol. The van der Waals surface area contributed by atoms with Crippen LogP contribution in [0.4, 0.5) is 14.5 Å². The highest BCUT2D eigenvalue weighted by molar-refractivity contribution is 14.0. The van der Waals surface area contributed by atoms with E-state index in [1.54, 1.807) is 18.2 Å². The van der Waals surface area contributed by atoms with Crippen molar-refractivity contribution in [1.29, 1.82) is 0 Å². The Morgan fingerprint density at radius 1 is 1.20 bits per heavy atom. The van der Waals surface area contributed by atoms with Gasteiger partial charge in [-0.05, 0) is 30.7 Å². The molecule has 2 N–H and O–H groups in total. The number of halogens is 3. The van der Waals surface area contributed by atoms with Gasteiger partial charge in [0.1, 0.15) is 11.5 Å². The van der Waals surface area contributed by atoms with Crippen LogP contribution in [0.15, 0.2) is 47.5 Å². The molecule has 2 aromatic carbocycles. The van der Waals surface area contributed by atoms with E-state index in [1.165, 1.54) is 31.4 Å². The molecule has 0 aliphatic carbocycles. The maximum atomic E-state index is 12.6. The summed E-state index contributed by atoms with van der Waals surface area (Å²) in [7, 11) is 1.48. The molecule has 2 rings (SSSR count). The summed E-state index contributed by atoms with van der Waals surface area (Å²) in [4.78, 5) is 14.7. The summed E-state index contributed by atoms with van der Waals surface area (Å²) < 4.78 is 35.0. The van der Waals surface area contributed by atoms with Crippen LogP contribution in [0.25, 0.3) is 0 Å². The molecule has 0 heterocycles. The number of methoxy groups -OCH3 is 1. The van der Waals surface area contributed by atoms with E-state index >= 15 is 0 Å². The molecule has 0 aliphatic heterocycles. The molecule has 8 nitrogen and oxygen atoms in total. The highest BCUT2D eigenvalue weighted by Crippen LogP contribution is 2.25. The first kappa shape index (κ1) is 25.3. The van der Waals surface area contributed by atoms with Crippen molar-refractivity contribution in [2.24, 2.45) is 4.99 Å². The van der Waals surface area contributed by atoms with Crippen molar-refractivity contribution in [3.63, 3.8) is 0 Å². The molecule has 0 bridgehead atoms. The molecule has 11 heteroatoms. The third-order valence-corrected chi connectivity index (χ3v) is 3.84. The molecule has 0 saturated carbocycles. The van der Waals surface area contributed by atoms with Crippen molar-refractivity contribution in [3.8, 4) is 11.5 Å². The molecule has 0 amide bonds. The molecule has 0 unspecified atom stereocenters. The summed E-state index contributed by atoms with van der Waals surface area (Å²) >= 11 is 0. The topological polar surface area (TPSA) is 98.0 Å². The summed E-state index contributed by atoms with van der Waals surface area (Å²) in [5.41, 5.74) is 1.27. The smallest absolute Gasteiger partial charge is 0.387 e. The molecule has 0 saturated heterocycles. The lowest BCUT2D eigenvalue weighted by Gasteiger charge is -2.15. The Hall–Kier alpha value is -2.70. The molecule has 0 aromatic heterocycles. The summed E-state index contributed by atoms with van der Waals surface area (Å²) in [5.74, 6) is 1.01. The van der Waals surface area contributed by atoms with Crippen LogP contribution < -0.4 is 20.1 Å². The Labute approximate surface area is 189 Å². The van der Waals surface area contributed by atoms with Gasteiger partial charge in [0.15, 0.2) is 5.96 Å². The van der Waals surface area contributed by atoms with Gasteiger partial charge in [0.2, 0.25) is 0 Å². The van der Waals surface area contributed by atoms with Crippen LogP contribution in [-0.2, 0) is 13.1 Å². The average Bonchev–Trinajstić information content (AvgIpc) is 2.70. The van der Waals surface area contributed by atoms with Crippen LogP contribution in [0, 0.1) is 10.1 Å². The van der Waals surface area contributed by atoms with Crippen LogP contribution in [0.3, 0.4) is 0 Å². The minimum Gasteiger partial charge on any atom is -0.497 e. The van der Waals surface area contributed by atoms with Gasteiger partial charge in [-0.15, -0.1) is 24.0 Å². The molecule has 0 fully saturated rings. The molecule has 0 aliphatic rings. The van der Waals surface area contributed by atoms with Gasteiger partial charge < -0.3 is 20.1 Å². The Kier molecular flexibility index (Phi) is 10.8. The standard InChI is InChI=1S/C19H22F2N4O4.HI/c1-3-22-19(23-11-13-4-6-15(7-5-13)25(26)27)24-12-14-10-16(28-2)8-9-17(14)29-18(20)21;/h4-10,18H,3,11-12H2,1-2H3,(H2,22,23,24);1H. The predicted molar refractivity (Wildman–Crippen MR) is 120 cm³/mol. The molecule has 0 radical (unpaired) electrons. The number of nitro benzene ring substituents is 1. The normalized spacial score (nSPS) is 10.9. The number of nitro groups is 1. The van der Waals surface area contributed by atoms with Crippen molar-refractivity contribution < 1.29 is 23.2 Å². The zero-order chi connectivity index (χ0) is 21.2. The number of rotatable bonds is 9. The second kappa shape index (κ2) is 12.8. The summed E-state index contributed by atoms with van der Waals surface area (Å²) in [5, 5.41) is 16.8. The highest BCUT2D eigenvalue weighted by atomic mass is 127. The summed E-state index contributed by atoms with van der Waals surface area (Å²) in [6, 6.07) is 10.6. The van der Waals surface area contributed by atoms with E-state index in [2.05, 4.69) is 20.4 Å². The lowest BCUT2D eigenvalue weighted by molar-refractivity contribution is -0.384. The first-order valence-corrected chi connectivity index (χ1v) is 8.80. The van der Waals surface area contributed by atoms with E-state index in [-0.39, 0.29) is 48.5 Å². The highest BCUT2D eigenvalue weighted by Gasteiger charge is 2.12. The first-order valence-electron chi connectivity index (χ1n) is 8.80. The molecular formula is C19H23F2IN4O4. The quantitative estimate of drug-likeness (QED) is 0.165. The van der Waals surface area contributed by atoms with Crippen molar-refractivity contribution in [3.05, 3.63) is 63.7 Å². The maximum Gasteiger partial charge on any atom is 0.387 e. The van der Waals surface area contributed by atoms with Gasteiger partial charge in [-0.25, -0.2) is 4.99 Å². The number of alkyl halides is 2. The number of nitrogens with one attached hydrogen (secondary N) is 2. The van der Waals surface area contributed by atoms with Crippen molar-refractivity contribution in [1.82, 2.24) is 10.6 Å². The average molecular weight is 536 g/mol. The second-order valence-electron chi connectivity index (χ2n) is 5.82. The monoisotopic (exact) mass is 536 g/mol. The van der Waals surface area contributed by atoms with Crippen LogP contribution >= 0.6 is 24.0 Å². The van der Waals surface area contributed by atoms with E-state index in [9.17, 15) is 18.9 Å². The third-order valence-electron chi connectivity index (χ3n) is 3.84. The number of aliphatic imine (C=N–C) groups is 1.